The van der Waals surface area contributed by atoms with E-state index in [1.54, 1.807) is 40.6 Å². The van der Waals surface area contributed by atoms with E-state index < -0.39 is 11.7 Å². The molecular formula is C23H17ClN2O2S. The van der Waals surface area contributed by atoms with E-state index in [0.717, 1.165) is 16.0 Å². The van der Waals surface area contributed by atoms with Gasteiger partial charge in [0.05, 0.1) is 0 Å². The van der Waals surface area contributed by atoms with Crippen LogP contribution in [0.15, 0.2) is 83.9 Å². The number of anilines is 1. The molecule has 144 valence electrons. The number of nitrogens with zero attached hydrogens (tertiary/aromatic N) is 1. The zero-order valence-electron chi connectivity index (χ0n) is 15.6. The first-order valence-electron chi connectivity index (χ1n) is 8.92. The lowest BCUT2D eigenvalue weighted by Gasteiger charge is -2.08. The maximum absolute atomic E-state index is 13.2. The number of rotatable bonds is 5. The standard InChI is InChI=1S/C23H17ClN2O2S/c1-29-19-7-4-5-17(13-19)25-23(28)22(27)21-20(15-8-10-16(24)11-9-15)14-18-6-2-3-12-26(18)21/h2-14H,1H3,(H,25,28). The molecule has 29 heavy (non-hydrogen) atoms. The Bertz CT molecular complexity index is 1220. The number of thioether (sulfide) groups is 1. The minimum Gasteiger partial charge on any atom is -0.319 e. The number of Topliss-reactive ketones (excluding diaryl/α,β-unsaturated/α-hetero) is 1. The van der Waals surface area contributed by atoms with Crippen molar-refractivity contribution in [2.24, 2.45) is 0 Å². The summed E-state index contributed by atoms with van der Waals surface area (Å²) >= 11 is 7.58. The van der Waals surface area contributed by atoms with Gasteiger partial charge in [0.25, 0.3) is 11.7 Å². The van der Waals surface area contributed by atoms with Crippen LogP contribution in [-0.2, 0) is 4.79 Å². The van der Waals surface area contributed by atoms with Crippen LogP contribution in [0, 0.1) is 0 Å². The molecule has 0 saturated carbocycles. The SMILES string of the molecule is CSc1cccc(NC(=O)C(=O)c2c(-c3ccc(Cl)cc3)cc3ccccn23)c1. The van der Waals surface area contributed by atoms with E-state index in [1.165, 1.54) is 0 Å². The van der Waals surface area contributed by atoms with Crippen LogP contribution < -0.4 is 5.32 Å². The lowest BCUT2D eigenvalue weighted by molar-refractivity contribution is -0.112. The Morgan fingerprint density at radius 1 is 0.966 bits per heavy atom. The number of benzene rings is 2. The quantitative estimate of drug-likeness (QED) is 0.252. The van der Waals surface area contributed by atoms with Gasteiger partial charge < -0.3 is 9.72 Å². The van der Waals surface area contributed by atoms with Crippen LogP contribution in [-0.4, -0.2) is 22.3 Å². The maximum Gasteiger partial charge on any atom is 0.298 e. The molecule has 0 radical (unpaired) electrons. The van der Waals surface area contributed by atoms with Crippen LogP contribution in [0.25, 0.3) is 16.6 Å². The summed E-state index contributed by atoms with van der Waals surface area (Å²) in [6, 6.07) is 22.1. The van der Waals surface area contributed by atoms with Crippen molar-refractivity contribution in [1.82, 2.24) is 4.40 Å². The van der Waals surface area contributed by atoms with Crippen molar-refractivity contribution >= 4 is 46.3 Å². The molecule has 6 heteroatoms. The summed E-state index contributed by atoms with van der Waals surface area (Å²) in [6.07, 6.45) is 3.74. The first-order chi connectivity index (χ1) is 14.1. The van der Waals surface area contributed by atoms with Crippen LogP contribution in [0.4, 0.5) is 5.69 Å². The smallest absolute Gasteiger partial charge is 0.298 e. The van der Waals surface area contributed by atoms with E-state index in [1.807, 2.05) is 60.9 Å². The summed E-state index contributed by atoms with van der Waals surface area (Å²) in [5, 5.41) is 3.33. The fourth-order valence-electron chi connectivity index (χ4n) is 3.20. The van der Waals surface area contributed by atoms with Crippen molar-refractivity contribution in [3.63, 3.8) is 0 Å². The summed E-state index contributed by atoms with van der Waals surface area (Å²) < 4.78 is 1.74. The second kappa shape index (κ2) is 8.15. The molecular weight excluding hydrogens is 404 g/mol. The van der Waals surface area contributed by atoms with Gasteiger partial charge in [0.2, 0.25) is 0 Å². The summed E-state index contributed by atoms with van der Waals surface area (Å²) in [5.41, 5.74) is 3.24. The highest BCUT2D eigenvalue weighted by atomic mass is 35.5. The predicted octanol–water partition coefficient (Wildman–Crippen LogP) is 5.80. The van der Waals surface area contributed by atoms with E-state index in [0.29, 0.717) is 22.0 Å². The van der Waals surface area contributed by atoms with Gasteiger partial charge in [-0.05, 0) is 60.4 Å². The molecule has 2 heterocycles. The molecule has 0 spiro atoms. The molecule has 2 aromatic carbocycles. The normalized spacial score (nSPS) is 10.8. The van der Waals surface area contributed by atoms with Crippen molar-refractivity contribution < 1.29 is 9.59 Å². The predicted molar refractivity (Wildman–Crippen MR) is 119 cm³/mol. The Morgan fingerprint density at radius 2 is 1.76 bits per heavy atom. The summed E-state index contributed by atoms with van der Waals surface area (Å²) in [7, 11) is 0. The zero-order valence-corrected chi connectivity index (χ0v) is 17.1. The Kier molecular flexibility index (Phi) is 5.43. The maximum atomic E-state index is 13.2. The van der Waals surface area contributed by atoms with E-state index in [-0.39, 0.29) is 0 Å². The first kappa shape index (κ1) is 19.3. The molecule has 0 aliphatic heterocycles. The monoisotopic (exact) mass is 420 g/mol. The van der Waals surface area contributed by atoms with Gasteiger partial charge in [0.15, 0.2) is 0 Å². The second-order valence-electron chi connectivity index (χ2n) is 6.42. The van der Waals surface area contributed by atoms with E-state index in [2.05, 4.69) is 5.32 Å². The number of pyridine rings is 1. The van der Waals surface area contributed by atoms with Gasteiger partial charge in [-0.3, -0.25) is 9.59 Å². The molecule has 0 aliphatic carbocycles. The number of fused-ring (bicyclic) bond motifs is 1. The molecule has 0 aliphatic rings. The molecule has 4 nitrogen and oxygen atoms in total. The van der Waals surface area contributed by atoms with Crippen molar-refractivity contribution in [1.29, 1.82) is 0 Å². The van der Waals surface area contributed by atoms with E-state index >= 15 is 0 Å². The van der Waals surface area contributed by atoms with Gasteiger partial charge in [-0.15, -0.1) is 11.8 Å². The van der Waals surface area contributed by atoms with Crippen molar-refractivity contribution in [2.75, 3.05) is 11.6 Å². The van der Waals surface area contributed by atoms with Gasteiger partial charge in [0.1, 0.15) is 5.69 Å². The van der Waals surface area contributed by atoms with Crippen LogP contribution >= 0.6 is 23.4 Å². The summed E-state index contributed by atoms with van der Waals surface area (Å²) in [4.78, 5) is 27.0. The highest BCUT2D eigenvalue weighted by molar-refractivity contribution is 7.98. The molecule has 4 rings (SSSR count). The molecule has 0 saturated heterocycles. The average molecular weight is 421 g/mol. The first-order valence-corrected chi connectivity index (χ1v) is 10.5. The fraction of sp³-hybridized carbons (Fsp3) is 0.0435. The molecule has 0 bridgehead atoms. The van der Waals surface area contributed by atoms with Gasteiger partial charge in [-0.2, -0.15) is 0 Å². The Labute approximate surface area is 177 Å². The highest BCUT2D eigenvalue weighted by Crippen LogP contribution is 2.29. The molecule has 4 aromatic rings. The molecule has 1 amide bonds. The lowest BCUT2D eigenvalue weighted by atomic mass is 10.0. The number of carbonyl (C=O) groups excluding carboxylic acids is 2. The largest absolute Gasteiger partial charge is 0.319 e. The van der Waals surface area contributed by atoms with Gasteiger partial charge in [-0.1, -0.05) is 35.9 Å². The number of aromatic nitrogens is 1. The van der Waals surface area contributed by atoms with Gasteiger partial charge in [-0.25, -0.2) is 0 Å². The van der Waals surface area contributed by atoms with Crippen molar-refractivity contribution in [3.05, 3.63) is 89.7 Å². The average Bonchev–Trinajstić information content (AvgIpc) is 3.13. The summed E-state index contributed by atoms with van der Waals surface area (Å²) in [6.45, 7) is 0. The number of hydrogen-bond acceptors (Lipinski definition) is 3. The highest BCUT2D eigenvalue weighted by Gasteiger charge is 2.24. The minimum atomic E-state index is -0.678. The Hall–Kier alpha value is -3.02. The minimum absolute atomic E-state index is 0.321. The fourth-order valence-corrected chi connectivity index (χ4v) is 3.79. The lowest BCUT2D eigenvalue weighted by Crippen LogP contribution is -2.24. The molecule has 0 atom stereocenters. The van der Waals surface area contributed by atoms with Gasteiger partial charge in [0, 0.05) is 32.9 Å². The third-order valence-corrected chi connectivity index (χ3v) is 5.56. The van der Waals surface area contributed by atoms with Crippen LogP contribution in [0.3, 0.4) is 0 Å². The molecule has 0 fully saturated rings. The molecule has 1 N–H and O–H groups in total. The van der Waals surface area contributed by atoms with Crippen LogP contribution in [0.2, 0.25) is 5.02 Å². The number of nitrogens with one attached hydrogen (secondary N) is 1. The third kappa shape index (κ3) is 3.92. The van der Waals surface area contributed by atoms with Crippen LogP contribution in [0.5, 0.6) is 0 Å². The number of amides is 1. The number of hydrogen-bond donors (Lipinski definition) is 1. The Morgan fingerprint density at radius 3 is 2.52 bits per heavy atom. The van der Waals surface area contributed by atoms with E-state index in [4.69, 9.17) is 11.6 Å². The van der Waals surface area contributed by atoms with Crippen molar-refractivity contribution in [3.8, 4) is 11.1 Å². The molecule has 0 unspecified atom stereocenters. The van der Waals surface area contributed by atoms with Gasteiger partial charge >= 0.3 is 0 Å². The second-order valence-corrected chi connectivity index (χ2v) is 7.74. The molecule has 2 aromatic heterocycles. The zero-order chi connectivity index (χ0) is 20.4. The summed E-state index contributed by atoms with van der Waals surface area (Å²) in [5.74, 6) is -1.28. The number of carbonyl (C=O) groups is 2. The van der Waals surface area contributed by atoms with Crippen LogP contribution in [0.1, 0.15) is 10.5 Å². The number of halogens is 1. The number of ketones is 1. The van der Waals surface area contributed by atoms with Crippen molar-refractivity contribution in [2.45, 2.75) is 4.90 Å². The Balaban J connectivity index is 1.75. The third-order valence-electron chi connectivity index (χ3n) is 4.58. The van der Waals surface area contributed by atoms with E-state index in [9.17, 15) is 9.59 Å². The topological polar surface area (TPSA) is 50.6 Å².